The van der Waals surface area contributed by atoms with Gasteiger partial charge in [0.1, 0.15) is 0 Å². The molecule has 0 amide bonds. The first-order valence-corrected chi connectivity index (χ1v) is 10.9. The summed E-state index contributed by atoms with van der Waals surface area (Å²) in [5, 5.41) is 0. The van der Waals surface area contributed by atoms with Crippen molar-refractivity contribution in [1.29, 1.82) is 0 Å². The average molecular weight is 385 g/mol. The zero-order valence-corrected chi connectivity index (χ0v) is 20.1. The van der Waals surface area contributed by atoms with Crippen molar-refractivity contribution >= 4 is 0 Å². The third kappa shape index (κ3) is 7.31. The first-order valence-electron chi connectivity index (χ1n) is 10.9. The second-order valence-electron chi connectivity index (χ2n) is 6.90. The van der Waals surface area contributed by atoms with Crippen LogP contribution < -0.4 is 0 Å². The lowest BCUT2D eigenvalue weighted by atomic mass is 9.97. The van der Waals surface area contributed by atoms with Crippen LogP contribution in [0.1, 0.15) is 61.8 Å². The Bertz CT molecular complexity index is 641. The minimum atomic E-state index is 0.459. The third-order valence-corrected chi connectivity index (χ3v) is 4.94. The molecular weight excluding hydrogens is 340 g/mol. The highest BCUT2D eigenvalue weighted by Crippen LogP contribution is 2.38. The molecule has 0 N–H and O–H groups in total. The Morgan fingerprint density at radius 1 is 1.11 bits per heavy atom. The monoisotopic (exact) mass is 384 g/mol. The van der Waals surface area contributed by atoms with E-state index in [1.54, 1.807) is 11.3 Å². The van der Waals surface area contributed by atoms with E-state index in [1.165, 1.54) is 29.7 Å². The number of likely N-dealkylation sites (N-methyl/N-ethyl adjacent to an activating group) is 2. The van der Waals surface area contributed by atoms with E-state index >= 15 is 0 Å². The highest BCUT2D eigenvalue weighted by molar-refractivity contribution is 5.53. The first kappa shape index (κ1) is 26.2. The van der Waals surface area contributed by atoms with Crippen LogP contribution in [-0.4, -0.2) is 43.0 Å². The van der Waals surface area contributed by atoms with E-state index in [9.17, 15) is 0 Å². The molecule has 0 aromatic heterocycles. The van der Waals surface area contributed by atoms with Gasteiger partial charge in [-0.2, -0.15) is 0 Å². The molecule has 0 fully saturated rings. The molecule has 0 radical (unpaired) electrons. The van der Waals surface area contributed by atoms with Crippen molar-refractivity contribution in [3.8, 4) is 0 Å². The average Bonchev–Trinajstić information content (AvgIpc) is 2.86. The third-order valence-electron chi connectivity index (χ3n) is 4.94. The largest absolute Gasteiger partial charge is 0.367 e. The second-order valence-corrected chi connectivity index (χ2v) is 6.90. The summed E-state index contributed by atoms with van der Waals surface area (Å²) in [6.45, 7) is 18.6. The number of hydrogen-bond donors (Lipinski definition) is 0. The van der Waals surface area contributed by atoms with Crippen LogP contribution in [0.2, 0.25) is 0 Å². The Hall–Kier alpha value is -1.80. The van der Waals surface area contributed by atoms with Gasteiger partial charge >= 0.3 is 0 Å². The maximum Gasteiger partial charge on any atom is 0.0727 e. The van der Waals surface area contributed by atoms with Crippen LogP contribution in [0.3, 0.4) is 0 Å². The molecule has 3 aliphatic rings. The summed E-state index contributed by atoms with van der Waals surface area (Å²) < 4.78 is 0. The van der Waals surface area contributed by atoms with Crippen molar-refractivity contribution in [2.45, 2.75) is 67.9 Å². The number of fused-ring (bicyclic) bond motifs is 2. The van der Waals surface area contributed by atoms with E-state index in [2.05, 4.69) is 74.2 Å². The van der Waals surface area contributed by atoms with Gasteiger partial charge in [-0.3, -0.25) is 0 Å². The number of rotatable bonds is 1. The van der Waals surface area contributed by atoms with Gasteiger partial charge in [-0.05, 0) is 45.9 Å². The molecule has 0 saturated heterocycles. The van der Waals surface area contributed by atoms with E-state index in [0.717, 1.165) is 6.54 Å². The molecule has 0 aromatic rings. The van der Waals surface area contributed by atoms with Crippen molar-refractivity contribution in [2.75, 3.05) is 27.2 Å². The van der Waals surface area contributed by atoms with E-state index in [0.29, 0.717) is 6.04 Å². The highest BCUT2D eigenvalue weighted by atomic mass is 15.2. The molecule has 0 spiro atoms. The lowest BCUT2D eigenvalue weighted by molar-refractivity contribution is 0.319. The Morgan fingerprint density at radius 2 is 1.75 bits per heavy atom. The van der Waals surface area contributed by atoms with Crippen LogP contribution in [0.4, 0.5) is 0 Å². The first-order chi connectivity index (χ1) is 13.5. The molecule has 0 bridgehead atoms. The molecule has 2 heterocycles. The van der Waals surface area contributed by atoms with E-state index in [-0.39, 0.29) is 0 Å². The molecule has 158 valence electrons. The van der Waals surface area contributed by atoms with Gasteiger partial charge in [0, 0.05) is 32.3 Å². The molecule has 0 saturated carbocycles. The van der Waals surface area contributed by atoms with Crippen LogP contribution in [0, 0.1) is 0 Å². The predicted octanol–water partition coefficient (Wildman–Crippen LogP) is 6.91. The topological polar surface area (TPSA) is 6.48 Å². The molecule has 2 aliphatic heterocycles. The van der Waals surface area contributed by atoms with Crippen molar-refractivity contribution in [3.05, 3.63) is 70.5 Å². The maximum absolute atomic E-state index is 2.46. The fraction of sp³-hybridized carbons (Fsp3) is 0.538. The summed E-state index contributed by atoms with van der Waals surface area (Å²) in [4.78, 5) is 4.88. The predicted molar refractivity (Wildman–Crippen MR) is 129 cm³/mol. The van der Waals surface area contributed by atoms with E-state index in [4.69, 9.17) is 0 Å². The van der Waals surface area contributed by atoms with Crippen LogP contribution in [0.5, 0.6) is 0 Å². The zero-order valence-electron chi connectivity index (χ0n) is 20.1. The van der Waals surface area contributed by atoms with Crippen LogP contribution in [-0.2, 0) is 0 Å². The van der Waals surface area contributed by atoms with E-state index in [1.807, 2.05) is 47.6 Å². The lowest BCUT2D eigenvalue weighted by Gasteiger charge is -2.27. The summed E-state index contributed by atoms with van der Waals surface area (Å²) in [5.74, 6) is 0. The van der Waals surface area contributed by atoms with Crippen molar-refractivity contribution in [3.63, 3.8) is 0 Å². The quantitative estimate of drug-likeness (QED) is 0.453. The summed E-state index contributed by atoms with van der Waals surface area (Å²) in [7, 11) is 4.45. The summed E-state index contributed by atoms with van der Waals surface area (Å²) in [5.41, 5.74) is 7.30. The van der Waals surface area contributed by atoms with Gasteiger partial charge in [-0.25, -0.2) is 0 Å². The maximum atomic E-state index is 2.46. The molecular formula is C26H44N2. The lowest BCUT2D eigenvalue weighted by Crippen LogP contribution is -2.29. The van der Waals surface area contributed by atoms with Crippen LogP contribution >= 0.6 is 0 Å². The molecule has 1 aliphatic carbocycles. The van der Waals surface area contributed by atoms with Crippen molar-refractivity contribution < 1.29 is 0 Å². The van der Waals surface area contributed by atoms with Crippen LogP contribution in [0.15, 0.2) is 70.5 Å². The molecule has 3 rings (SSSR count). The Kier molecular flexibility index (Phi) is 13.3. The van der Waals surface area contributed by atoms with Gasteiger partial charge in [0.15, 0.2) is 0 Å². The smallest absolute Gasteiger partial charge is 0.0727 e. The Morgan fingerprint density at radius 3 is 2.29 bits per heavy atom. The molecule has 2 heteroatoms. The van der Waals surface area contributed by atoms with Crippen LogP contribution in [0.25, 0.3) is 0 Å². The Balaban J connectivity index is 0.000000564. The normalized spacial score (nSPS) is 21.1. The van der Waals surface area contributed by atoms with Gasteiger partial charge in [-0.15, -0.1) is 0 Å². The zero-order chi connectivity index (χ0) is 21.7. The van der Waals surface area contributed by atoms with Gasteiger partial charge < -0.3 is 9.80 Å². The fourth-order valence-electron chi connectivity index (χ4n) is 3.46. The fourth-order valence-corrected chi connectivity index (χ4v) is 3.46. The van der Waals surface area contributed by atoms with E-state index < -0.39 is 0 Å². The molecule has 1 unspecified atom stereocenters. The molecule has 1 atom stereocenters. The SMILES string of the molecule is C/C=C\C(C)=C/C.CC.CC.CC1=CC=CC2C(=C1)C1=C(CCN(C)C1)N2C. The molecule has 0 aromatic carbocycles. The molecule has 28 heavy (non-hydrogen) atoms. The number of allylic oxidation sites excluding steroid dienone is 8. The van der Waals surface area contributed by atoms with Gasteiger partial charge in [0.05, 0.1) is 6.04 Å². The van der Waals surface area contributed by atoms with Crippen molar-refractivity contribution in [1.82, 2.24) is 9.80 Å². The highest BCUT2D eigenvalue weighted by Gasteiger charge is 2.34. The summed E-state index contributed by atoms with van der Waals surface area (Å²) in [6, 6.07) is 0.459. The minimum Gasteiger partial charge on any atom is -0.367 e. The number of nitrogens with zero attached hydrogens (tertiary/aromatic N) is 2. The Labute approximate surface area is 175 Å². The van der Waals surface area contributed by atoms with Crippen molar-refractivity contribution in [2.24, 2.45) is 0 Å². The standard InChI is InChI=1S/C15H20N2.C7H12.2C2H6/c1-11-5-4-6-14-12(9-11)13-10-16(2)8-7-15(13)17(14)3;1-4-6-7(3)5-2;2*1-2/h4-6,9,14H,7-8,10H2,1-3H3;4-6H,1-3H3;2*1-2H3/b;6-4-,7-5-;;. The van der Waals surface area contributed by atoms with Gasteiger partial charge in [0.25, 0.3) is 0 Å². The summed E-state index contributed by atoms with van der Waals surface area (Å²) >= 11 is 0. The summed E-state index contributed by atoms with van der Waals surface area (Å²) in [6.07, 6.45) is 16.5. The molecule has 2 nitrogen and oxygen atoms in total. The van der Waals surface area contributed by atoms with Gasteiger partial charge in [-0.1, -0.05) is 81.4 Å². The van der Waals surface area contributed by atoms with Gasteiger partial charge in [0.2, 0.25) is 0 Å². The minimum absolute atomic E-state index is 0.459. The second kappa shape index (κ2) is 14.2. The number of hydrogen-bond acceptors (Lipinski definition) is 2.